The molecule has 0 spiro atoms. The Bertz CT molecular complexity index is 742. The van der Waals surface area contributed by atoms with Crippen LogP contribution < -0.4 is 16.2 Å². The number of hydrogen-bond acceptors (Lipinski definition) is 5. The molecule has 7 nitrogen and oxygen atoms in total. The van der Waals surface area contributed by atoms with Crippen molar-refractivity contribution in [1.82, 2.24) is 4.98 Å². The minimum Gasteiger partial charge on any atom is -0.399 e. The van der Waals surface area contributed by atoms with Gasteiger partial charge in [0.05, 0.1) is 4.90 Å². The maximum atomic E-state index is 11.9. The van der Waals surface area contributed by atoms with E-state index in [1.165, 1.54) is 36.5 Å². The summed E-state index contributed by atoms with van der Waals surface area (Å²) in [5.41, 5.74) is 6.57. The van der Waals surface area contributed by atoms with Gasteiger partial charge < -0.3 is 11.1 Å². The van der Waals surface area contributed by atoms with Crippen LogP contribution in [0.1, 0.15) is 10.5 Å². The molecule has 0 unspecified atom stereocenters. The lowest BCUT2D eigenvalue weighted by atomic mass is 10.3. The van der Waals surface area contributed by atoms with E-state index >= 15 is 0 Å². The molecule has 1 aromatic carbocycles. The summed E-state index contributed by atoms with van der Waals surface area (Å²) < 4.78 is 22.2. The lowest BCUT2D eigenvalue weighted by Gasteiger charge is -2.06. The summed E-state index contributed by atoms with van der Waals surface area (Å²) in [6, 6.07) is 8.48. The number of anilines is 2. The molecule has 0 bridgehead atoms. The van der Waals surface area contributed by atoms with Gasteiger partial charge >= 0.3 is 0 Å². The molecular formula is C12H12N4O3S. The number of nitrogens with two attached hydrogens (primary N) is 2. The molecule has 0 atom stereocenters. The highest BCUT2D eigenvalue weighted by atomic mass is 32.2. The summed E-state index contributed by atoms with van der Waals surface area (Å²) in [7, 11) is -3.75. The fraction of sp³-hybridized carbons (Fsp3) is 0. The number of primary sulfonamides is 1. The van der Waals surface area contributed by atoms with Crippen molar-refractivity contribution in [3.05, 3.63) is 48.3 Å². The van der Waals surface area contributed by atoms with Gasteiger partial charge in [-0.05, 0) is 36.4 Å². The monoisotopic (exact) mass is 292 g/mol. The van der Waals surface area contributed by atoms with Crippen LogP contribution in [0.3, 0.4) is 0 Å². The molecule has 0 aliphatic rings. The van der Waals surface area contributed by atoms with Gasteiger partial charge in [-0.1, -0.05) is 0 Å². The van der Waals surface area contributed by atoms with E-state index in [4.69, 9.17) is 10.9 Å². The number of rotatable bonds is 3. The zero-order valence-corrected chi connectivity index (χ0v) is 11.1. The summed E-state index contributed by atoms with van der Waals surface area (Å²) in [4.78, 5) is 15.7. The molecule has 20 heavy (non-hydrogen) atoms. The Hall–Kier alpha value is -2.45. The van der Waals surface area contributed by atoms with Crippen LogP contribution in [0.4, 0.5) is 11.4 Å². The van der Waals surface area contributed by atoms with Crippen LogP contribution in [0.15, 0.2) is 47.5 Å². The van der Waals surface area contributed by atoms with Crippen molar-refractivity contribution in [3.8, 4) is 0 Å². The van der Waals surface area contributed by atoms with E-state index < -0.39 is 15.9 Å². The van der Waals surface area contributed by atoms with E-state index in [0.29, 0.717) is 11.4 Å². The van der Waals surface area contributed by atoms with Gasteiger partial charge in [0.25, 0.3) is 5.91 Å². The standard InChI is InChI=1S/C12H12N4O3S/c13-8-5-6-15-11(7-8)12(17)16-9-1-3-10(4-2-9)20(14,18)19/h1-7H,(H2,13,15)(H,16,17)(H2,14,18,19). The Kier molecular flexibility index (Phi) is 3.68. The van der Waals surface area contributed by atoms with E-state index in [2.05, 4.69) is 10.3 Å². The highest BCUT2D eigenvalue weighted by Crippen LogP contribution is 2.14. The fourth-order valence-electron chi connectivity index (χ4n) is 1.49. The number of nitrogen functional groups attached to an aromatic ring is 1. The first-order chi connectivity index (χ1) is 9.36. The second-order valence-corrected chi connectivity index (χ2v) is 5.56. The third kappa shape index (κ3) is 3.31. The zero-order chi connectivity index (χ0) is 14.8. The molecule has 0 saturated heterocycles. The van der Waals surface area contributed by atoms with E-state index in [1.54, 1.807) is 6.07 Å². The SMILES string of the molecule is Nc1ccnc(C(=O)Nc2ccc(S(N)(=O)=O)cc2)c1. The van der Waals surface area contributed by atoms with Crippen molar-refractivity contribution >= 4 is 27.3 Å². The number of aromatic nitrogens is 1. The van der Waals surface area contributed by atoms with Crippen molar-refractivity contribution in [2.24, 2.45) is 5.14 Å². The van der Waals surface area contributed by atoms with Crippen molar-refractivity contribution in [2.75, 3.05) is 11.1 Å². The molecule has 0 saturated carbocycles. The zero-order valence-electron chi connectivity index (χ0n) is 10.3. The first-order valence-electron chi connectivity index (χ1n) is 5.52. The number of pyridine rings is 1. The van der Waals surface area contributed by atoms with Crippen LogP contribution in [0.5, 0.6) is 0 Å². The molecule has 1 heterocycles. The van der Waals surface area contributed by atoms with Crippen molar-refractivity contribution in [2.45, 2.75) is 4.90 Å². The minimum atomic E-state index is -3.75. The summed E-state index contributed by atoms with van der Waals surface area (Å²) >= 11 is 0. The Balaban J connectivity index is 2.16. The molecular weight excluding hydrogens is 280 g/mol. The molecule has 0 aliphatic heterocycles. The molecule has 1 amide bonds. The van der Waals surface area contributed by atoms with Gasteiger partial charge in [-0.15, -0.1) is 0 Å². The van der Waals surface area contributed by atoms with Crippen LogP contribution in [-0.4, -0.2) is 19.3 Å². The Labute approximate surface area is 115 Å². The first-order valence-corrected chi connectivity index (χ1v) is 7.06. The van der Waals surface area contributed by atoms with E-state index in [-0.39, 0.29) is 10.6 Å². The van der Waals surface area contributed by atoms with Gasteiger partial charge in [-0.2, -0.15) is 0 Å². The fourth-order valence-corrected chi connectivity index (χ4v) is 2.01. The summed E-state index contributed by atoms with van der Waals surface area (Å²) in [5, 5.41) is 7.55. The number of carbonyl (C=O) groups is 1. The highest BCUT2D eigenvalue weighted by molar-refractivity contribution is 7.89. The van der Waals surface area contributed by atoms with Gasteiger partial charge in [0.1, 0.15) is 5.69 Å². The van der Waals surface area contributed by atoms with Crippen LogP contribution in [0.25, 0.3) is 0 Å². The minimum absolute atomic E-state index is 0.0300. The third-order valence-electron chi connectivity index (χ3n) is 2.46. The highest BCUT2D eigenvalue weighted by Gasteiger charge is 2.10. The smallest absolute Gasteiger partial charge is 0.274 e. The number of hydrogen-bond donors (Lipinski definition) is 3. The topological polar surface area (TPSA) is 128 Å². The predicted molar refractivity (Wildman–Crippen MR) is 74.4 cm³/mol. The van der Waals surface area contributed by atoms with Crippen molar-refractivity contribution in [3.63, 3.8) is 0 Å². The van der Waals surface area contributed by atoms with E-state index in [0.717, 1.165) is 0 Å². The average molecular weight is 292 g/mol. The molecule has 1 aromatic heterocycles. The number of nitrogens with zero attached hydrogens (tertiary/aromatic N) is 1. The number of benzene rings is 1. The number of nitrogens with one attached hydrogen (secondary N) is 1. The van der Waals surface area contributed by atoms with Gasteiger partial charge in [0, 0.05) is 17.6 Å². The molecule has 5 N–H and O–H groups in total. The second kappa shape index (κ2) is 5.27. The van der Waals surface area contributed by atoms with E-state index in [1.807, 2.05) is 0 Å². The predicted octanol–water partition coefficient (Wildman–Crippen LogP) is 0.564. The Morgan fingerprint density at radius 1 is 1.15 bits per heavy atom. The number of carbonyl (C=O) groups excluding carboxylic acids is 1. The summed E-state index contributed by atoms with van der Waals surface area (Å²) in [6.07, 6.45) is 1.42. The number of amides is 1. The third-order valence-corrected chi connectivity index (χ3v) is 3.39. The second-order valence-electron chi connectivity index (χ2n) is 4.00. The quantitative estimate of drug-likeness (QED) is 0.761. The normalized spacial score (nSPS) is 11.1. The van der Waals surface area contributed by atoms with Crippen LogP contribution in [0.2, 0.25) is 0 Å². The van der Waals surface area contributed by atoms with Crippen molar-refractivity contribution in [1.29, 1.82) is 0 Å². The molecule has 0 aliphatic carbocycles. The number of sulfonamides is 1. The molecule has 2 aromatic rings. The molecule has 104 valence electrons. The van der Waals surface area contributed by atoms with Gasteiger partial charge in [0.15, 0.2) is 0 Å². The van der Waals surface area contributed by atoms with Gasteiger partial charge in [0.2, 0.25) is 10.0 Å². The van der Waals surface area contributed by atoms with Crippen LogP contribution >= 0.6 is 0 Å². The summed E-state index contributed by atoms with van der Waals surface area (Å²) in [5.74, 6) is -0.444. The van der Waals surface area contributed by atoms with E-state index in [9.17, 15) is 13.2 Å². The van der Waals surface area contributed by atoms with Crippen LogP contribution in [-0.2, 0) is 10.0 Å². The summed E-state index contributed by atoms with van der Waals surface area (Å²) in [6.45, 7) is 0. The maximum absolute atomic E-state index is 11.9. The lowest BCUT2D eigenvalue weighted by molar-refractivity contribution is 0.102. The molecule has 0 fully saturated rings. The van der Waals surface area contributed by atoms with Crippen molar-refractivity contribution < 1.29 is 13.2 Å². The Morgan fingerprint density at radius 3 is 2.35 bits per heavy atom. The molecule has 0 radical (unpaired) electrons. The maximum Gasteiger partial charge on any atom is 0.274 e. The molecule has 8 heteroatoms. The van der Waals surface area contributed by atoms with Crippen LogP contribution in [0, 0.1) is 0 Å². The van der Waals surface area contributed by atoms with Gasteiger partial charge in [-0.3, -0.25) is 9.78 Å². The largest absolute Gasteiger partial charge is 0.399 e. The lowest BCUT2D eigenvalue weighted by Crippen LogP contribution is -2.15. The van der Waals surface area contributed by atoms with Gasteiger partial charge in [-0.25, -0.2) is 13.6 Å². The first kappa shape index (κ1) is 14.0. The molecule has 2 rings (SSSR count). The average Bonchev–Trinajstić information content (AvgIpc) is 2.38. The Morgan fingerprint density at radius 2 is 1.80 bits per heavy atom.